The lowest BCUT2D eigenvalue weighted by molar-refractivity contribution is -0.135. The molecule has 1 heterocycles. The number of nitrogens with zero attached hydrogens (tertiary/aromatic N) is 1. The Bertz CT molecular complexity index is 224. The molecule has 92 valence electrons. The number of carbonyl (C=O) groups is 2. The minimum atomic E-state index is 0.0907. The predicted octanol–water partition coefficient (Wildman–Crippen LogP) is 1.15. The van der Waals surface area contributed by atoms with Crippen LogP contribution in [0.2, 0.25) is 0 Å². The summed E-state index contributed by atoms with van der Waals surface area (Å²) in [6, 6.07) is 0. The van der Waals surface area contributed by atoms with Gasteiger partial charge in [0.2, 0.25) is 11.8 Å². The second-order valence-corrected chi connectivity index (χ2v) is 4.78. The van der Waals surface area contributed by atoms with Crippen LogP contribution in [0.5, 0.6) is 0 Å². The summed E-state index contributed by atoms with van der Waals surface area (Å²) in [5.41, 5.74) is 0. The fourth-order valence-corrected chi connectivity index (χ4v) is 2.29. The Morgan fingerprint density at radius 1 is 1.38 bits per heavy atom. The number of hydrogen-bond donors (Lipinski definition) is 1. The van der Waals surface area contributed by atoms with Crippen LogP contribution in [0.3, 0.4) is 0 Å². The van der Waals surface area contributed by atoms with Crippen LogP contribution >= 0.6 is 15.9 Å². The molecule has 0 spiro atoms. The van der Waals surface area contributed by atoms with E-state index in [1.165, 1.54) is 0 Å². The molecule has 16 heavy (non-hydrogen) atoms. The van der Waals surface area contributed by atoms with Crippen LogP contribution in [-0.4, -0.2) is 41.7 Å². The molecule has 2 amide bonds. The van der Waals surface area contributed by atoms with Crippen molar-refractivity contribution in [3.63, 3.8) is 0 Å². The van der Waals surface area contributed by atoms with Gasteiger partial charge in [-0.05, 0) is 19.8 Å². The molecule has 0 aromatic rings. The maximum atomic E-state index is 11.6. The van der Waals surface area contributed by atoms with Crippen LogP contribution in [-0.2, 0) is 9.59 Å². The Morgan fingerprint density at radius 3 is 2.50 bits per heavy atom. The number of nitrogens with one attached hydrogen (secondary N) is 1. The summed E-state index contributed by atoms with van der Waals surface area (Å²) in [5.74, 6) is 0.411. The molecule has 1 aliphatic heterocycles. The van der Waals surface area contributed by atoms with E-state index >= 15 is 0 Å². The summed E-state index contributed by atoms with van der Waals surface area (Å²) in [6.45, 7) is 4.04. The first kappa shape index (κ1) is 13.5. The number of alkyl halides is 1. The van der Waals surface area contributed by atoms with Crippen molar-refractivity contribution in [2.24, 2.45) is 5.92 Å². The van der Waals surface area contributed by atoms with Crippen LogP contribution in [0.1, 0.15) is 26.2 Å². The minimum absolute atomic E-state index is 0.0907. The zero-order chi connectivity index (χ0) is 12.0. The van der Waals surface area contributed by atoms with Crippen molar-refractivity contribution in [2.45, 2.75) is 26.2 Å². The molecule has 0 aliphatic carbocycles. The Morgan fingerprint density at radius 2 is 2.00 bits per heavy atom. The largest absolute Gasteiger partial charge is 0.356 e. The van der Waals surface area contributed by atoms with E-state index in [-0.39, 0.29) is 17.7 Å². The molecule has 0 saturated carbocycles. The van der Waals surface area contributed by atoms with E-state index in [0.29, 0.717) is 31.4 Å². The summed E-state index contributed by atoms with van der Waals surface area (Å²) in [5, 5.41) is 3.54. The maximum Gasteiger partial charge on any atom is 0.223 e. The molecule has 5 heteroatoms. The lowest BCUT2D eigenvalue weighted by atomic mass is 9.96. The van der Waals surface area contributed by atoms with Crippen molar-refractivity contribution in [2.75, 3.05) is 25.0 Å². The highest BCUT2D eigenvalue weighted by Crippen LogP contribution is 2.18. The number of likely N-dealkylation sites (tertiary alicyclic amines) is 1. The van der Waals surface area contributed by atoms with Gasteiger partial charge in [-0.2, -0.15) is 0 Å². The van der Waals surface area contributed by atoms with Gasteiger partial charge in [0.1, 0.15) is 0 Å². The smallest absolute Gasteiger partial charge is 0.223 e. The number of amides is 2. The number of rotatable bonds is 4. The molecule has 4 nitrogen and oxygen atoms in total. The highest BCUT2D eigenvalue weighted by Gasteiger charge is 2.26. The Hall–Kier alpha value is -0.580. The van der Waals surface area contributed by atoms with Gasteiger partial charge in [0.05, 0.1) is 0 Å². The molecule has 0 aromatic carbocycles. The summed E-state index contributed by atoms with van der Waals surface area (Å²) in [7, 11) is 0. The van der Waals surface area contributed by atoms with Crippen LogP contribution in [0.4, 0.5) is 0 Å². The summed E-state index contributed by atoms with van der Waals surface area (Å²) >= 11 is 3.26. The molecule has 0 bridgehead atoms. The van der Waals surface area contributed by atoms with Gasteiger partial charge in [0, 0.05) is 37.3 Å². The van der Waals surface area contributed by atoms with E-state index in [1.807, 2.05) is 11.8 Å². The average Bonchev–Trinajstić information content (AvgIpc) is 2.30. The van der Waals surface area contributed by atoms with Gasteiger partial charge >= 0.3 is 0 Å². The lowest BCUT2D eigenvalue weighted by Gasteiger charge is -2.31. The second-order valence-electron chi connectivity index (χ2n) is 3.99. The average molecular weight is 291 g/mol. The van der Waals surface area contributed by atoms with Gasteiger partial charge < -0.3 is 10.2 Å². The third-order valence-corrected chi connectivity index (χ3v) is 3.27. The van der Waals surface area contributed by atoms with E-state index < -0.39 is 0 Å². The molecule has 0 radical (unpaired) electrons. The fraction of sp³-hybridized carbons (Fsp3) is 0.818. The maximum absolute atomic E-state index is 11.6. The molecule has 1 fully saturated rings. The highest BCUT2D eigenvalue weighted by atomic mass is 79.9. The number of halogens is 1. The molecule has 0 aromatic heterocycles. The van der Waals surface area contributed by atoms with Gasteiger partial charge in [-0.25, -0.2) is 0 Å². The van der Waals surface area contributed by atoms with Gasteiger partial charge in [0.15, 0.2) is 0 Å². The molecule has 0 atom stereocenters. The number of carbonyl (C=O) groups excluding carboxylic acids is 2. The first-order valence-corrected chi connectivity index (χ1v) is 6.92. The third-order valence-electron chi connectivity index (χ3n) is 2.88. The van der Waals surface area contributed by atoms with Crippen molar-refractivity contribution in [3.05, 3.63) is 0 Å². The standard InChI is InChI=1S/C11H19BrN2O2/c1-2-13-11(16)9-4-7-14(8-5-9)10(15)3-6-12/h9H,2-8H2,1H3,(H,13,16). The second kappa shape index (κ2) is 6.89. The molecule has 0 unspecified atom stereocenters. The minimum Gasteiger partial charge on any atom is -0.356 e. The van der Waals surface area contributed by atoms with Crippen LogP contribution in [0, 0.1) is 5.92 Å². The van der Waals surface area contributed by atoms with Gasteiger partial charge in [-0.1, -0.05) is 15.9 Å². The van der Waals surface area contributed by atoms with Crippen molar-refractivity contribution in [1.29, 1.82) is 0 Å². The molecular weight excluding hydrogens is 272 g/mol. The third kappa shape index (κ3) is 3.77. The van der Waals surface area contributed by atoms with Crippen LogP contribution in [0.15, 0.2) is 0 Å². The van der Waals surface area contributed by atoms with Crippen LogP contribution < -0.4 is 5.32 Å². The van der Waals surface area contributed by atoms with Crippen molar-refractivity contribution < 1.29 is 9.59 Å². The lowest BCUT2D eigenvalue weighted by Crippen LogP contribution is -2.43. The zero-order valence-electron chi connectivity index (χ0n) is 9.67. The van der Waals surface area contributed by atoms with Crippen molar-refractivity contribution >= 4 is 27.7 Å². The number of piperidine rings is 1. The van der Waals surface area contributed by atoms with Gasteiger partial charge in [-0.15, -0.1) is 0 Å². The van der Waals surface area contributed by atoms with Gasteiger partial charge in [0.25, 0.3) is 0 Å². The van der Waals surface area contributed by atoms with Crippen molar-refractivity contribution in [3.8, 4) is 0 Å². The Balaban J connectivity index is 2.33. The zero-order valence-corrected chi connectivity index (χ0v) is 11.3. The normalized spacial score (nSPS) is 17.2. The highest BCUT2D eigenvalue weighted by molar-refractivity contribution is 9.09. The molecule has 1 aliphatic rings. The predicted molar refractivity (Wildman–Crippen MR) is 66.4 cm³/mol. The van der Waals surface area contributed by atoms with E-state index in [2.05, 4.69) is 21.2 Å². The number of hydrogen-bond acceptors (Lipinski definition) is 2. The summed E-state index contributed by atoms with van der Waals surface area (Å²) < 4.78 is 0. The SMILES string of the molecule is CCNC(=O)C1CCN(C(=O)CCBr)CC1. The van der Waals surface area contributed by atoms with Crippen molar-refractivity contribution in [1.82, 2.24) is 10.2 Å². The van der Waals surface area contributed by atoms with E-state index in [4.69, 9.17) is 0 Å². The topological polar surface area (TPSA) is 49.4 Å². The van der Waals surface area contributed by atoms with Gasteiger partial charge in [-0.3, -0.25) is 9.59 Å². The fourth-order valence-electron chi connectivity index (χ4n) is 1.95. The summed E-state index contributed by atoms with van der Waals surface area (Å²) in [6.07, 6.45) is 2.13. The van der Waals surface area contributed by atoms with E-state index in [9.17, 15) is 9.59 Å². The summed E-state index contributed by atoms with van der Waals surface area (Å²) in [4.78, 5) is 25.0. The first-order valence-electron chi connectivity index (χ1n) is 5.80. The Labute approximate surface area is 105 Å². The molecule has 1 saturated heterocycles. The Kier molecular flexibility index (Phi) is 5.80. The van der Waals surface area contributed by atoms with Crippen LogP contribution in [0.25, 0.3) is 0 Å². The van der Waals surface area contributed by atoms with E-state index in [0.717, 1.165) is 12.8 Å². The van der Waals surface area contributed by atoms with E-state index in [1.54, 1.807) is 0 Å². The monoisotopic (exact) mass is 290 g/mol. The molecule has 1 rings (SSSR count). The first-order chi connectivity index (χ1) is 7.69. The molecule has 1 N–H and O–H groups in total. The quantitative estimate of drug-likeness (QED) is 0.790. The molecular formula is C11H19BrN2O2.